The average Bonchev–Trinajstić information content (AvgIpc) is 3.13. The topological polar surface area (TPSA) is 46.9 Å². The summed E-state index contributed by atoms with van der Waals surface area (Å²) in [5, 5.41) is 7.46. The van der Waals surface area contributed by atoms with E-state index in [2.05, 4.69) is 17.3 Å². The molecular formula is C16H25N3O. The summed E-state index contributed by atoms with van der Waals surface area (Å²) in [6.07, 6.45) is 7.21. The fraction of sp³-hybridized carbons (Fsp3) is 0.750. The summed E-state index contributed by atoms with van der Waals surface area (Å²) in [6.45, 7) is 6.07. The van der Waals surface area contributed by atoms with E-state index in [0.29, 0.717) is 5.92 Å². The standard InChI is InChI=1S/C16H25N3O/c1-10-6-7-17-19(10)12(3)16(20)18-11(2)15-9-13-4-5-14(15)8-13/h6-7,11-15H,4-5,8-9H2,1-3H3,(H,18,20)/t11-,12-,13+,14+,15-/m1/s1. The van der Waals surface area contributed by atoms with E-state index in [-0.39, 0.29) is 18.0 Å². The lowest BCUT2D eigenvalue weighted by Gasteiger charge is -2.29. The van der Waals surface area contributed by atoms with Gasteiger partial charge >= 0.3 is 0 Å². The van der Waals surface area contributed by atoms with Crippen LogP contribution in [0, 0.1) is 24.7 Å². The Morgan fingerprint density at radius 2 is 2.20 bits per heavy atom. The van der Waals surface area contributed by atoms with Crippen LogP contribution in [0.3, 0.4) is 0 Å². The number of carbonyl (C=O) groups is 1. The molecule has 2 aliphatic carbocycles. The van der Waals surface area contributed by atoms with Gasteiger partial charge in [-0.05, 0) is 63.9 Å². The van der Waals surface area contributed by atoms with Gasteiger partial charge in [0, 0.05) is 17.9 Å². The largest absolute Gasteiger partial charge is 0.352 e. The number of carbonyl (C=O) groups excluding carboxylic acids is 1. The summed E-state index contributed by atoms with van der Waals surface area (Å²) in [5.74, 6) is 2.54. The van der Waals surface area contributed by atoms with Crippen molar-refractivity contribution in [3.63, 3.8) is 0 Å². The first-order valence-corrected chi connectivity index (χ1v) is 7.86. The third kappa shape index (κ3) is 2.36. The Hall–Kier alpha value is -1.32. The van der Waals surface area contributed by atoms with Crippen molar-refractivity contribution in [2.24, 2.45) is 17.8 Å². The van der Waals surface area contributed by atoms with Crippen molar-refractivity contribution >= 4 is 5.91 Å². The van der Waals surface area contributed by atoms with Crippen molar-refractivity contribution < 1.29 is 4.79 Å². The van der Waals surface area contributed by atoms with E-state index < -0.39 is 0 Å². The van der Waals surface area contributed by atoms with Gasteiger partial charge < -0.3 is 5.32 Å². The summed E-state index contributed by atoms with van der Waals surface area (Å²) in [5.41, 5.74) is 1.03. The molecule has 2 bridgehead atoms. The molecule has 3 rings (SSSR count). The molecule has 2 fully saturated rings. The van der Waals surface area contributed by atoms with Crippen LogP contribution in [0.4, 0.5) is 0 Å². The lowest BCUT2D eigenvalue weighted by atomic mass is 9.84. The number of hydrogen-bond donors (Lipinski definition) is 1. The van der Waals surface area contributed by atoms with Crippen molar-refractivity contribution in [1.29, 1.82) is 0 Å². The van der Waals surface area contributed by atoms with Crippen LogP contribution in [0.2, 0.25) is 0 Å². The summed E-state index contributed by atoms with van der Waals surface area (Å²) in [4.78, 5) is 12.4. The Kier molecular flexibility index (Phi) is 3.57. The molecule has 1 N–H and O–H groups in total. The van der Waals surface area contributed by atoms with Gasteiger partial charge in [-0.15, -0.1) is 0 Å². The van der Waals surface area contributed by atoms with Gasteiger partial charge in [0.2, 0.25) is 5.91 Å². The van der Waals surface area contributed by atoms with Gasteiger partial charge in [-0.25, -0.2) is 0 Å². The van der Waals surface area contributed by atoms with Gasteiger partial charge in [-0.1, -0.05) is 6.42 Å². The maximum Gasteiger partial charge on any atom is 0.244 e. The van der Waals surface area contributed by atoms with E-state index in [1.807, 2.05) is 19.9 Å². The number of rotatable bonds is 4. The van der Waals surface area contributed by atoms with Gasteiger partial charge in [-0.2, -0.15) is 5.10 Å². The van der Waals surface area contributed by atoms with Crippen LogP contribution in [-0.2, 0) is 4.79 Å². The van der Waals surface area contributed by atoms with Gasteiger partial charge in [0.05, 0.1) is 0 Å². The van der Waals surface area contributed by atoms with Crippen LogP contribution in [-0.4, -0.2) is 21.7 Å². The predicted octanol–water partition coefficient (Wildman–Crippen LogP) is 2.69. The van der Waals surface area contributed by atoms with E-state index in [0.717, 1.165) is 17.5 Å². The minimum atomic E-state index is -0.231. The summed E-state index contributed by atoms with van der Waals surface area (Å²) >= 11 is 0. The predicted molar refractivity (Wildman–Crippen MR) is 78.2 cm³/mol. The highest BCUT2D eigenvalue weighted by Gasteiger charge is 2.42. The fourth-order valence-electron chi connectivity index (χ4n) is 4.26. The monoisotopic (exact) mass is 275 g/mol. The molecule has 1 aromatic rings. The van der Waals surface area contributed by atoms with E-state index in [9.17, 15) is 4.79 Å². The number of aryl methyl sites for hydroxylation is 1. The van der Waals surface area contributed by atoms with Crippen molar-refractivity contribution in [3.05, 3.63) is 18.0 Å². The highest BCUT2D eigenvalue weighted by atomic mass is 16.2. The van der Waals surface area contributed by atoms with Gasteiger partial charge in [-0.3, -0.25) is 9.48 Å². The second kappa shape index (κ2) is 5.23. The number of aromatic nitrogens is 2. The van der Waals surface area contributed by atoms with Crippen molar-refractivity contribution in [2.45, 2.75) is 58.5 Å². The third-order valence-electron chi connectivity index (χ3n) is 5.42. The Morgan fingerprint density at radius 1 is 1.40 bits per heavy atom. The lowest BCUT2D eigenvalue weighted by molar-refractivity contribution is -0.125. The molecule has 20 heavy (non-hydrogen) atoms. The smallest absolute Gasteiger partial charge is 0.244 e. The van der Waals surface area contributed by atoms with Crippen molar-refractivity contribution in [1.82, 2.24) is 15.1 Å². The summed E-state index contributed by atoms with van der Waals surface area (Å²) in [6, 6.07) is 1.99. The van der Waals surface area contributed by atoms with Crippen LogP contribution >= 0.6 is 0 Å². The highest BCUT2D eigenvalue weighted by molar-refractivity contribution is 5.80. The second-order valence-corrected chi connectivity index (χ2v) is 6.73. The maximum absolute atomic E-state index is 12.4. The molecule has 1 amide bonds. The van der Waals surface area contributed by atoms with Gasteiger partial charge in [0.1, 0.15) is 6.04 Å². The first kappa shape index (κ1) is 13.7. The van der Waals surface area contributed by atoms with Gasteiger partial charge in [0.15, 0.2) is 0 Å². The SMILES string of the molecule is Cc1ccnn1[C@H](C)C(=O)N[C@H](C)[C@H]1C[C@H]2CC[C@H]1C2. The minimum Gasteiger partial charge on any atom is -0.352 e. The first-order valence-electron chi connectivity index (χ1n) is 7.86. The zero-order chi connectivity index (χ0) is 14.3. The molecule has 4 nitrogen and oxygen atoms in total. The minimum absolute atomic E-state index is 0.0899. The Bertz CT molecular complexity index is 496. The number of nitrogens with zero attached hydrogens (tertiary/aromatic N) is 2. The number of amides is 1. The van der Waals surface area contributed by atoms with Crippen LogP contribution in [0.25, 0.3) is 0 Å². The molecular weight excluding hydrogens is 250 g/mol. The molecule has 1 heterocycles. The Morgan fingerprint density at radius 3 is 2.75 bits per heavy atom. The van der Waals surface area contributed by atoms with E-state index in [1.54, 1.807) is 10.9 Å². The average molecular weight is 275 g/mol. The van der Waals surface area contributed by atoms with Crippen LogP contribution in [0.15, 0.2) is 12.3 Å². The summed E-state index contributed by atoms with van der Waals surface area (Å²) < 4.78 is 1.79. The lowest BCUT2D eigenvalue weighted by Crippen LogP contribution is -2.43. The molecule has 2 saturated carbocycles. The zero-order valence-corrected chi connectivity index (χ0v) is 12.7. The Balaban J connectivity index is 1.60. The number of fused-ring (bicyclic) bond motifs is 2. The van der Waals surface area contributed by atoms with E-state index in [4.69, 9.17) is 0 Å². The molecule has 0 unspecified atom stereocenters. The molecule has 0 spiro atoms. The number of hydrogen-bond acceptors (Lipinski definition) is 2. The maximum atomic E-state index is 12.4. The molecule has 0 saturated heterocycles. The molecule has 1 aromatic heterocycles. The molecule has 110 valence electrons. The summed E-state index contributed by atoms with van der Waals surface area (Å²) in [7, 11) is 0. The highest BCUT2D eigenvalue weighted by Crippen LogP contribution is 2.49. The number of nitrogens with one attached hydrogen (secondary N) is 1. The van der Waals surface area contributed by atoms with Crippen molar-refractivity contribution in [2.75, 3.05) is 0 Å². The first-order chi connectivity index (χ1) is 9.56. The van der Waals surface area contributed by atoms with Crippen LogP contribution in [0.5, 0.6) is 0 Å². The van der Waals surface area contributed by atoms with E-state index in [1.165, 1.54) is 25.7 Å². The molecule has 0 aromatic carbocycles. The zero-order valence-electron chi connectivity index (χ0n) is 12.7. The molecule has 2 aliphatic rings. The normalized spacial score (nSPS) is 31.2. The third-order valence-corrected chi connectivity index (χ3v) is 5.42. The van der Waals surface area contributed by atoms with E-state index >= 15 is 0 Å². The molecule has 4 heteroatoms. The molecule has 0 aliphatic heterocycles. The van der Waals surface area contributed by atoms with Crippen LogP contribution < -0.4 is 5.32 Å². The van der Waals surface area contributed by atoms with Gasteiger partial charge in [0.25, 0.3) is 0 Å². The molecule has 0 radical (unpaired) electrons. The quantitative estimate of drug-likeness (QED) is 0.918. The fourth-order valence-corrected chi connectivity index (χ4v) is 4.26. The molecule has 5 atom stereocenters. The second-order valence-electron chi connectivity index (χ2n) is 6.73. The van der Waals surface area contributed by atoms with Crippen molar-refractivity contribution in [3.8, 4) is 0 Å². The Labute approximate surface area is 120 Å². The van der Waals surface area contributed by atoms with Crippen LogP contribution in [0.1, 0.15) is 51.3 Å².